The third kappa shape index (κ3) is 2.29. The van der Waals surface area contributed by atoms with Gasteiger partial charge in [-0.3, -0.25) is 4.40 Å². The normalized spacial score (nSPS) is 10.8. The van der Waals surface area contributed by atoms with Crippen molar-refractivity contribution in [2.24, 2.45) is 0 Å². The number of rotatable bonds is 1. The fraction of sp³-hybridized carbons (Fsp3) is 0. The molecule has 0 radical (unpaired) electrons. The second-order valence-electron chi connectivity index (χ2n) is 4.58. The summed E-state index contributed by atoms with van der Waals surface area (Å²) < 4.78 is 20.0. The van der Waals surface area contributed by atoms with Crippen LogP contribution in [0.3, 0.4) is 0 Å². The van der Waals surface area contributed by atoms with Crippen LogP contribution in [0.4, 0.5) is 4.39 Å². The van der Waals surface area contributed by atoms with Crippen LogP contribution in [0, 0.1) is 5.82 Å². The van der Waals surface area contributed by atoms with E-state index in [-0.39, 0.29) is 22.6 Å². The van der Waals surface area contributed by atoms with Gasteiger partial charge in [0.15, 0.2) is 0 Å². The standard InChI is InChI=1S/C15H8FN3O2.BrH/c16-10-3-2-9-6-11(14(20)21-13(9)7-10)12-8-19-5-1-4-17-15(19)18-12;/h1-8H;1H. The van der Waals surface area contributed by atoms with Gasteiger partial charge in [0, 0.05) is 30.0 Å². The van der Waals surface area contributed by atoms with Gasteiger partial charge < -0.3 is 4.42 Å². The quantitative estimate of drug-likeness (QED) is 0.488. The first kappa shape index (κ1) is 14.4. The molecule has 3 heterocycles. The highest BCUT2D eigenvalue weighted by Gasteiger charge is 2.12. The zero-order valence-electron chi connectivity index (χ0n) is 11.1. The molecule has 0 saturated carbocycles. The molecule has 0 spiro atoms. The Bertz CT molecular complexity index is 1010. The van der Waals surface area contributed by atoms with Crippen molar-refractivity contribution < 1.29 is 8.81 Å². The smallest absolute Gasteiger partial charge is 0.345 e. The number of fused-ring (bicyclic) bond motifs is 2. The number of hydrogen-bond donors (Lipinski definition) is 0. The zero-order chi connectivity index (χ0) is 14.4. The average Bonchev–Trinajstić information content (AvgIpc) is 2.90. The summed E-state index contributed by atoms with van der Waals surface area (Å²) in [7, 11) is 0. The molecule has 5 nitrogen and oxygen atoms in total. The highest BCUT2D eigenvalue weighted by atomic mass is 79.9. The lowest BCUT2D eigenvalue weighted by molar-refractivity contribution is 0.556. The lowest BCUT2D eigenvalue weighted by atomic mass is 10.1. The van der Waals surface area contributed by atoms with E-state index in [2.05, 4.69) is 9.97 Å². The van der Waals surface area contributed by atoms with Crippen molar-refractivity contribution in [2.45, 2.75) is 0 Å². The minimum atomic E-state index is -0.559. The fourth-order valence-electron chi connectivity index (χ4n) is 2.22. The van der Waals surface area contributed by atoms with E-state index in [1.807, 2.05) is 0 Å². The fourth-order valence-corrected chi connectivity index (χ4v) is 2.22. The molecule has 0 N–H and O–H groups in total. The number of hydrogen-bond acceptors (Lipinski definition) is 4. The molecule has 1 aromatic carbocycles. The zero-order valence-corrected chi connectivity index (χ0v) is 12.8. The maximum atomic E-state index is 13.1. The van der Waals surface area contributed by atoms with Crippen LogP contribution in [0.5, 0.6) is 0 Å². The van der Waals surface area contributed by atoms with E-state index in [1.54, 1.807) is 41.2 Å². The van der Waals surface area contributed by atoms with Crippen LogP contribution < -0.4 is 5.63 Å². The van der Waals surface area contributed by atoms with Gasteiger partial charge >= 0.3 is 5.63 Å². The first-order valence-electron chi connectivity index (χ1n) is 6.24. The molecule has 7 heteroatoms. The first-order valence-corrected chi connectivity index (χ1v) is 6.24. The summed E-state index contributed by atoms with van der Waals surface area (Å²) in [4.78, 5) is 20.4. The van der Waals surface area contributed by atoms with Gasteiger partial charge in [0.2, 0.25) is 5.78 Å². The molecular weight excluding hydrogens is 353 g/mol. The summed E-state index contributed by atoms with van der Waals surface area (Å²) in [5, 5.41) is 0.635. The molecule has 4 aromatic rings. The van der Waals surface area contributed by atoms with Gasteiger partial charge in [-0.25, -0.2) is 19.2 Å². The predicted molar refractivity (Wildman–Crippen MR) is 84.7 cm³/mol. The number of benzene rings is 1. The largest absolute Gasteiger partial charge is 0.422 e. The Labute approximate surface area is 133 Å². The Morgan fingerprint density at radius 2 is 2.09 bits per heavy atom. The number of nitrogens with zero attached hydrogens (tertiary/aromatic N) is 3. The topological polar surface area (TPSA) is 60.4 Å². The molecule has 0 bridgehead atoms. The van der Waals surface area contributed by atoms with Gasteiger partial charge in [-0.05, 0) is 24.3 Å². The minimum absolute atomic E-state index is 0. The van der Waals surface area contributed by atoms with Crippen molar-refractivity contribution >= 4 is 33.7 Å². The summed E-state index contributed by atoms with van der Waals surface area (Å²) in [5.41, 5.74) is 0.440. The van der Waals surface area contributed by atoms with Crippen molar-refractivity contribution in [2.75, 3.05) is 0 Å². The summed E-state index contributed by atoms with van der Waals surface area (Å²) in [6.45, 7) is 0. The third-order valence-corrected chi connectivity index (χ3v) is 3.21. The van der Waals surface area contributed by atoms with Gasteiger partial charge in [-0.2, -0.15) is 0 Å². The van der Waals surface area contributed by atoms with Gasteiger partial charge in [0.05, 0.1) is 11.3 Å². The molecule has 0 aliphatic carbocycles. The Kier molecular flexibility index (Phi) is 3.50. The second-order valence-corrected chi connectivity index (χ2v) is 4.58. The molecule has 22 heavy (non-hydrogen) atoms. The second kappa shape index (κ2) is 5.34. The van der Waals surface area contributed by atoms with E-state index in [0.29, 0.717) is 22.4 Å². The van der Waals surface area contributed by atoms with Crippen LogP contribution in [-0.2, 0) is 0 Å². The minimum Gasteiger partial charge on any atom is -0.422 e. The maximum Gasteiger partial charge on any atom is 0.345 e. The lowest BCUT2D eigenvalue weighted by Crippen LogP contribution is -2.02. The van der Waals surface area contributed by atoms with Gasteiger partial charge in [-0.15, -0.1) is 17.0 Å². The molecule has 0 saturated heterocycles. The van der Waals surface area contributed by atoms with Crippen LogP contribution in [0.15, 0.2) is 58.1 Å². The van der Waals surface area contributed by atoms with Gasteiger partial charge in [-0.1, -0.05) is 0 Å². The summed E-state index contributed by atoms with van der Waals surface area (Å²) in [6, 6.07) is 7.47. The van der Waals surface area contributed by atoms with E-state index >= 15 is 0 Å². The molecule has 0 aliphatic heterocycles. The van der Waals surface area contributed by atoms with Crippen LogP contribution in [0.2, 0.25) is 0 Å². The molecule has 3 aromatic heterocycles. The van der Waals surface area contributed by atoms with Gasteiger partial charge in [0.1, 0.15) is 11.4 Å². The molecule has 0 amide bonds. The summed E-state index contributed by atoms with van der Waals surface area (Å²) >= 11 is 0. The molecule has 0 aliphatic rings. The van der Waals surface area contributed by atoms with Crippen LogP contribution >= 0.6 is 17.0 Å². The maximum absolute atomic E-state index is 13.1. The molecule has 0 fully saturated rings. The molecule has 4 rings (SSSR count). The summed E-state index contributed by atoms with van der Waals surface area (Å²) in [5.74, 6) is 0.0430. The molecule has 0 unspecified atom stereocenters. The number of aromatic nitrogens is 3. The van der Waals surface area contributed by atoms with Crippen LogP contribution in [0.1, 0.15) is 0 Å². The van der Waals surface area contributed by atoms with E-state index in [4.69, 9.17) is 4.42 Å². The van der Waals surface area contributed by atoms with Crippen molar-refractivity contribution in [1.29, 1.82) is 0 Å². The van der Waals surface area contributed by atoms with E-state index in [1.165, 1.54) is 12.1 Å². The van der Waals surface area contributed by atoms with E-state index in [9.17, 15) is 9.18 Å². The Balaban J connectivity index is 0.00000144. The Hall–Kier alpha value is -2.54. The highest BCUT2D eigenvalue weighted by molar-refractivity contribution is 8.93. The average molecular weight is 362 g/mol. The van der Waals surface area contributed by atoms with Crippen molar-refractivity contribution in [3.63, 3.8) is 0 Å². The van der Waals surface area contributed by atoms with Gasteiger partial charge in [0.25, 0.3) is 0 Å². The van der Waals surface area contributed by atoms with Crippen LogP contribution in [0.25, 0.3) is 28.0 Å². The number of imidazole rings is 1. The number of halogens is 2. The molecule has 110 valence electrons. The van der Waals surface area contributed by atoms with Crippen molar-refractivity contribution in [1.82, 2.24) is 14.4 Å². The Morgan fingerprint density at radius 1 is 1.23 bits per heavy atom. The lowest BCUT2D eigenvalue weighted by Gasteiger charge is -1.99. The Morgan fingerprint density at radius 3 is 2.91 bits per heavy atom. The predicted octanol–water partition coefficient (Wildman–Crippen LogP) is 3.22. The van der Waals surface area contributed by atoms with Crippen molar-refractivity contribution in [3.8, 4) is 11.3 Å². The van der Waals surface area contributed by atoms with E-state index < -0.39 is 11.4 Å². The summed E-state index contributed by atoms with van der Waals surface area (Å²) in [6.07, 6.45) is 5.11. The monoisotopic (exact) mass is 361 g/mol. The SMILES string of the molecule is Br.O=c1oc2cc(F)ccc2cc1-c1cn2cccnc2n1. The van der Waals surface area contributed by atoms with E-state index in [0.717, 1.165) is 0 Å². The first-order chi connectivity index (χ1) is 10.2. The highest BCUT2D eigenvalue weighted by Crippen LogP contribution is 2.21. The third-order valence-electron chi connectivity index (χ3n) is 3.21. The molecule has 0 atom stereocenters. The van der Waals surface area contributed by atoms with Crippen molar-refractivity contribution in [3.05, 3.63) is 65.2 Å². The molecular formula is C15H9BrFN3O2. The van der Waals surface area contributed by atoms with Crippen LogP contribution in [-0.4, -0.2) is 14.4 Å².